The van der Waals surface area contributed by atoms with E-state index >= 15 is 0 Å². The van der Waals surface area contributed by atoms with E-state index in [1.165, 1.54) is 0 Å². The van der Waals surface area contributed by atoms with Crippen molar-refractivity contribution in [2.45, 2.75) is 6.92 Å². The Morgan fingerprint density at radius 1 is 0.697 bits per heavy atom. The minimum absolute atomic E-state index is 0.141. The molecule has 0 aliphatic carbocycles. The van der Waals surface area contributed by atoms with Gasteiger partial charge in [0.25, 0.3) is 11.8 Å². The Labute approximate surface area is 192 Å². The van der Waals surface area contributed by atoms with E-state index in [4.69, 9.17) is 11.5 Å². The second-order valence-corrected chi connectivity index (χ2v) is 7.25. The van der Waals surface area contributed by atoms with E-state index in [1.807, 2.05) is 42.5 Å². The molecule has 3 aromatic rings. The van der Waals surface area contributed by atoms with Crippen molar-refractivity contribution < 1.29 is 9.59 Å². The predicted molar refractivity (Wildman–Crippen MR) is 131 cm³/mol. The second-order valence-electron chi connectivity index (χ2n) is 7.25. The summed E-state index contributed by atoms with van der Waals surface area (Å²) >= 11 is 0. The van der Waals surface area contributed by atoms with E-state index in [0.29, 0.717) is 23.4 Å². The van der Waals surface area contributed by atoms with Gasteiger partial charge in [-0.3, -0.25) is 9.59 Å². The number of amides is 2. The Hall–Kier alpha value is -4.46. The van der Waals surface area contributed by atoms with Crippen LogP contribution in [0.25, 0.3) is 11.1 Å². The molecule has 33 heavy (non-hydrogen) atoms. The Morgan fingerprint density at radius 2 is 1.27 bits per heavy atom. The highest BCUT2D eigenvalue weighted by atomic mass is 16.2. The number of hydrogen-bond donors (Lipinski definition) is 4. The first-order valence-electron chi connectivity index (χ1n) is 10.4. The average Bonchev–Trinajstić information content (AvgIpc) is 2.85. The first kappa shape index (κ1) is 23.2. The average molecular weight is 443 g/mol. The molecular weight excluding hydrogens is 416 g/mol. The summed E-state index contributed by atoms with van der Waals surface area (Å²) in [4.78, 5) is 24.8. The highest BCUT2D eigenvalue weighted by Gasteiger charge is 2.09. The van der Waals surface area contributed by atoms with Gasteiger partial charge in [-0.05, 0) is 47.9 Å². The number of nitrogens with one attached hydrogen (secondary N) is 2. The van der Waals surface area contributed by atoms with Gasteiger partial charge in [0.1, 0.15) is 0 Å². The summed E-state index contributed by atoms with van der Waals surface area (Å²) in [5.41, 5.74) is 15.0. The summed E-state index contributed by atoms with van der Waals surface area (Å²) in [6, 6.07) is 24.3. The standard InChI is InChI=1S/C25H26N6O2/c1-17(30-31-25(26)27)21-8-5-9-22(16-21)24(33)29-15-14-28-23(32)20-12-10-19(11-13-20)18-6-3-2-4-7-18/h2-13,16H,14-15H2,1H3,(H,28,32)(H,29,33)(H4,26,27,31)/b30-17+. The molecule has 8 nitrogen and oxygen atoms in total. The highest BCUT2D eigenvalue weighted by Crippen LogP contribution is 2.19. The number of guanidine groups is 1. The molecule has 3 aromatic carbocycles. The summed E-state index contributed by atoms with van der Waals surface area (Å²) in [5, 5.41) is 13.1. The van der Waals surface area contributed by atoms with Gasteiger partial charge < -0.3 is 22.1 Å². The van der Waals surface area contributed by atoms with E-state index in [0.717, 1.165) is 16.7 Å². The van der Waals surface area contributed by atoms with Crippen LogP contribution in [-0.2, 0) is 0 Å². The quantitative estimate of drug-likeness (QED) is 0.184. The number of hydrogen-bond acceptors (Lipinski definition) is 4. The van der Waals surface area contributed by atoms with Gasteiger partial charge in [0.2, 0.25) is 5.96 Å². The zero-order valence-corrected chi connectivity index (χ0v) is 18.3. The van der Waals surface area contributed by atoms with Crippen LogP contribution < -0.4 is 22.1 Å². The largest absolute Gasteiger partial charge is 0.369 e. The Kier molecular flexibility index (Phi) is 7.91. The molecule has 0 saturated heterocycles. The molecule has 3 rings (SSSR count). The summed E-state index contributed by atoms with van der Waals surface area (Å²) in [7, 11) is 0. The molecular formula is C25H26N6O2. The maximum atomic E-state index is 12.4. The molecule has 6 N–H and O–H groups in total. The van der Waals surface area contributed by atoms with E-state index in [1.54, 1.807) is 43.3 Å². The van der Waals surface area contributed by atoms with Crippen molar-refractivity contribution in [3.8, 4) is 11.1 Å². The van der Waals surface area contributed by atoms with Crippen molar-refractivity contribution in [3.05, 3.63) is 95.6 Å². The maximum absolute atomic E-state index is 12.4. The summed E-state index contributed by atoms with van der Waals surface area (Å²) in [6.45, 7) is 2.33. The van der Waals surface area contributed by atoms with Crippen molar-refractivity contribution in [2.24, 2.45) is 21.7 Å². The van der Waals surface area contributed by atoms with Crippen molar-refractivity contribution >= 4 is 23.5 Å². The zero-order valence-electron chi connectivity index (χ0n) is 18.3. The van der Waals surface area contributed by atoms with E-state index < -0.39 is 0 Å². The van der Waals surface area contributed by atoms with Crippen LogP contribution in [-0.4, -0.2) is 36.6 Å². The number of rotatable bonds is 8. The Morgan fingerprint density at radius 3 is 1.91 bits per heavy atom. The van der Waals surface area contributed by atoms with E-state index in [2.05, 4.69) is 20.8 Å². The molecule has 168 valence electrons. The lowest BCUT2D eigenvalue weighted by Crippen LogP contribution is -2.34. The Bertz CT molecular complexity index is 1170. The van der Waals surface area contributed by atoms with Crippen molar-refractivity contribution in [3.63, 3.8) is 0 Å². The number of carbonyl (C=O) groups excluding carboxylic acids is 2. The number of nitrogens with zero attached hydrogens (tertiary/aromatic N) is 2. The smallest absolute Gasteiger partial charge is 0.251 e. The third kappa shape index (κ3) is 6.76. The molecule has 0 spiro atoms. The number of nitrogens with two attached hydrogens (primary N) is 2. The number of carbonyl (C=O) groups is 2. The summed E-state index contributed by atoms with van der Waals surface area (Å²) in [5.74, 6) is -0.595. The minimum Gasteiger partial charge on any atom is -0.369 e. The van der Waals surface area contributed by atoms with Gasteiger partial charge in [0.05, 0.1) is 5.71 Å². The molecule has 2 amide bonds. The molecule has 0 unspecified atom stereocenters. The number of benzene rings is 3. The van der Waals surface area contributed by atoms with Crippen LogP contribution in [0.1, 0.15) is 33.2 Å². The van der Waals surface area contributed by atoms with Crippen LogP contribution in [0.15, 0.2) is 89.1 Å². The van der Waals surface area contributed by atoms with Crippen LogP contribution in [0.2, 0.25) is 0 Å². The Balaban J connectivity index is 1.49. The lowest BCUT2D eigenvalue weighted by molar-refractivity contribution is 0.0927. The normalized spacial score (nSPS) is 10.9. The molecule has 8 heteroatoms. The van der Waals surface area contributed by atoms with Crippen molar-refractivity contribution in [2.75, 3.05) is 13.1 Å². The fraction of sp³-hybridized carbons (Fsp3) is 0.120. The molecule has 0 saturated carbocycles. The molecule has 0 aliphatic heterocycles. The van der Waals surface area contributed by atoms with Crippen LogP contribution in [0.4, 0.5) is 0 Å². The minimum atomic E-state index is -0.257. The van der Waals surface area contributed by atoms with E-state index in [-0.39, 0.29) is 24.3 Å². The van der Waals surface area contributed by atoms with Crippen LogP contribution in [0, 0.1) is 0 Å². The summed E-state index contributed by atoms with van der Waals surface area (Å²) in [6.07, 6.45) is 0. The molecule has 0 bridgehead atoms. The monoisotopic (exact) mass is 442 g/mol. The first-order valence-corrected chi connectivity index (χ1v) is 10.4. The topological polar surface area (TPSA) is 135 Å². The lowest BCUT2D eigenvalue weighted by Gasteiger charge is -2.09. The van der Waals surface area contributed by atoms with Crippen molar-refractivity contribution in [1.29, 1.82) is 0 Å². The van der Waals surface area contributed by atoms with Gasteiger partial charge in [0.15, 0.2) is 0 Å². The summed E-state index contributed by atoms with van der Waals surface area (Å²) < 4.78 is 0. The highest BCUT2D eigenvalue weighted by molar-refractivity contribution is 6.02. The zero-order chi connectivity index (χ0) is 23.6. The molecule has 0 aromatic heterocycles. The van der Waals surface area contributed by atoms with Crippen molar-refractivity contribution in [1.82, 2.24) is 10.6 Å². The molecule has 0 aliphatic rings. The fourth-order valence-electron chi connectivity index (χ4n) is 3.08. The van der Waals surface area contributed by atoms with Gasteiger partial charge >= 0.3 is 0 Å². The van der Waals surface area contributed by atoms with Gasteiger partial charge in [-0.25, -0.2) is 0 Å². The molecule has 0 radical (unpaired) electrons. The van der Waals surface area contributed by atoms with Gasteiger partial charge in [-0.15, -0.1) is 5.10 Å². The van der Waals surface area contributed by atoms with Gasteiger partial charge in [-0.2, -0.15) is 5.10 Å². The first-order chi connectivity index (χ1) is 15.9. The third-order valence-electron chi connectivity index (χ3n) is 4.81. The molecule has 0 atom stereocenters. The lowest BCUT2D eigenvalue weighted by atomic mass is 10.0. The molecule has 0 heterocycles. The van der Waals surface area contributed by atoms with Crippen LogP contribution >= 0.6 is 0 Å². The fourth-order valence-corrected chi connectivity index (χ4v) is 3.08. The second kappa shape index (κ2) is 11.2. The van der Waals surface area contributed by atoms with Gasteiger partial charge in [0, 0.05) is 24.2 Å². The van der Waals surface area contributed by atoms with Crippen LogP contribution in [0.5, 0.6) is 0 Å². The van der Waals surface area contributed by atoms with Crippen LogP contribution in [0.3, 0.4) is 0 Å². The predicted octanol–water partition coefficient (Wildman–Crippen LogP) is 2.51. The van der Waals surface area contributed by atoms with Gasteiger partial charge in [-0.1, -0.05) is 54.6 Å². The third-order valence-corrected chi connectivity index (χ3v) is 4.81. The SMILES string of the molecule is C/C(=N\N=C(N)N)c1cccc(C(=O)NCCNC(=O)c2ccc(-c3ccccc3)cc2)c1. The van der Waals surface area contributed by atoms with E-state index in [9.17, 15) is 9.59 Å². The maximum Gasteiger partial charge on any atom is 0.251 e. The molecule has 0 fully saturated rings.